The van der Waals surface area contributed by atoms with Gasteiger partial charge >= 0.3 is 11.9 Å². The number of carboxylic acids is 2. The number of aliphatic carboxylic acids is 1. The molecule has 3 atom stereocenters. The molecule has 2 aliphatic rings. The standard InChI is InChI=1S/C43H40N6O10S5.C16H36N/c1-42(2,3)58-38(57)39(60-4)59-47-29(27-22-63-41(44-27)46-43(24-14-8-5-9-15-24,25-16-10-6-11-17-25)26-18-12-7-13-19-26)33(51)45-30-34(52)49-31(37(55)56)23(20-61-35(30)49)21-62-40-28(36(53)54)32(50)48-64-40;1-5-9-13-17(14-10-6-2,15-11-7-3)16-12-8-4/h5-19,22,30,35,39H,20-21H2,1-4H3,(H,44,46)(H,45,51)(H,48,50)(H,53,54)(H,55,56);5-16H2,1-4H3/q;+1/p-1/b47-29-;. The Kier molecular flexibility index (Phi) is 24.1. The Hall–Kier alpha value is -5.91. The molecule has 1 fully saturated rings. The van der Waals surface area contributed by atoms with E-state index in [9.17, 15) is 39.0 Å². The number of aromatic nitrogens is 2. The third-order valence-corrected chi connectivity index (χ3v) is 18.7. The fraction of sp³-hybridized carbons (Fsp3) is 0.458. The number of esters is 1. The number of quaternary nitrogens is 1. The maximum Gasteiger partial charge on any atom is 0.361 e. The third-order valence-electron chi connectivity index (χ3n) is 13.7. The van der Waals surface area contributed by atoms with Gasteiger partial charge in [-0.15, -0.1) is 46.6 Å². The predicted octanol–water partition coefficient (Wildman–Crippen LogP) is 9.95. The monoisotopic (exact) mass is 1200 g/mol. The first-order valence-electron chi connectivity index (χ1n) is 27.4. The number of thioether (sulfide) groups is 3. The van der Waals surface area contributed by atoms with Crippen LogP contribution in [0.25, 0.3) is 0 Å². The number of β-lactam (4-membered cyclic amide) rings is 1. The molecule has 17 nitrogen and oxygen atoms in total. The van der Waals surface area contributed by atoms with E-state index in [0.29, 0.717) is 10.7 Å². The van der Waals surface area contributed by atoms with Gasteiger partial charge in [0.25, 0.3) is 22.8 Å². The van der Waals surface area contributed by atoms with Crippen LogP contribution >= 0.6 is 58.2 Å². The lowest BCUT2D eigenvalue weighted by molar-refractivity contribution is -0.929. The van der Waals surface area contributed by atoms with Crippen LogP contribution < -0.4 is 21.3 Å². The lowest BCUT2D eigenvalue weighted by Crippen LogP contribution is -2.71. The summed E-state index contributed by atoms with van der Waals surface area (Å²) in [5.41, 5.74) is -2.12. The average molecular weight is 1200 g/mol. The second-order valence-corrected chi connectivity index (χ2v) is 25.6. The quantitative estimate of drug-likeness (QED) is 0.00510. The van der Waals surface area contributed by atoms with Gasteiger partial charge in [-0.1, -0.05) is 161 Å². The smallest absolute Gasteiger partial charge is 0.361 e. The molecule has 81 heavy (non-hydrogen) atoms. The van der Waals surface area contributed by atoms with Crippen molar-refractivity contribution in [1.29, 1.82) is 0 Å². The van der Waals surface area contributed by atoms with Gasteiger partial charge in [-0.25, -0.2) is 14.6 Å². The van der Waals surface area contributed by atoms with Crippen molar-refractivity contribution in [3.05, 3.63) is 146 Å². The molecule has 3 aromatic carbocycles. The SMILES string of the molecule is CCCC[N+](CCCC)(CCCC)CCCC.CSC(O/N=C(\C(=O)NC1C(=O)N2C(C(=O)O)=C(CSc3s[nH]c(=O)c3C(=O)[O-])CSC12)c1csc(NC(c2ccccc2)(c2ccccc2)c2ccccc2)n1)C(=O)OC(C)(C)C. The summed E-state index contributed by atoms with van der Waals surface area (Å²) >= 11 is 5.07. The second-order valence-electron chi connectivity index (χ2n) is 20.7. The van der Waals surface area contributed by atoms with E-state index in [-0.39, 0.29) is 32.8 Å². The number of nitrogens with one attached hydrogen (secondary N) is 3. The maximum atomic E-state index is 14.4. The Balaban J connectivity index is 0.000000537. The molecule has 4 heterocycles. The van der Waals surface area contributed by atoms with E-state index in [4.69, 9.17) is 14.6 Å². The molecule has 0 spiro atoms. The fourth-order valence-corrected chi connectivity index (χ4v) is 14.1. The highest BCUT2D eigenvalue weighted by atomic mass is 32.2. The summed E-state index contributed by atoms with van der Waals surface area (Å²) in [6.45, 7) is 20.1. The van der Waals surface area contributed by atoms with E-state index in [2.05, 4.69) is 47.9 Å². The number of ether oxygens (including phenoxy) is 1. The normalized spacial score (nSPS) is 15.9. The summed E-state index contributed by atoms with van der Waals surface area (Å²) in [5.74, 6) is -5.35. The summed E-state index contributed by atoms with van der Waals surface area (Å²) in [7, 11) is 0. The van der Waals surface area contributed by atoms with Crippen molar-refractivity contribution in [3.8, 4) is 0 Å². The highest BCUT2D eigenvalue weighted by molar-refractivity contribution is 8.02. The Morgan fingerprint density at radius 1 is 0.852 bits per heavy atom. The number of benzene rings is 3. The zero-order valence-electron chi connectivity index (χ0n) is 47.3. The molecule has 7 rings (SSSR count). The lowest BCUT2D eigenvalue weighted by Gasteiger charge is -2.49. The molecule has 4 N–H and O–H groups in total. The number of carbonyl (C=O) groups excluding carboxylic acids is 4. The van der Waals surface area contributed by atoms with Gasteiger partial charge in [-0.3, -0.25) is 23.7 Å². The fourth-order valence-electron chi connectivity index (χ4n) is 9.59. The topological polar surface area (TPSA) is 233 Å². The summed E-state index contributed by atoms with van der Waals surface area (Å²) in [6.07, 6.45) is 12.7. The molecule has 5 aromatic rings. The van der Waals surface area contributed by atoms with Gasteiger partial charge in [-0.05, 0) is 75.0 Å². The van der Waals surface area contributed by atoms with Crippen molar-refractivity contribution in [3.63, 3.8) is 0 Å². The Bertz CT molecular complexity index is 2880. The van der Waals surface area contributed by atoms with Gasteiger partial charge in [0, 0.05) is 16.9 Å². The van der Waals surface area contributed by atoms with Crippen LogP contribution in [0.15, 0.2) is 122 Å². The zero-order chi connectivity index (χ0) is 58.7. The van der Waals surface area contributed by atoms with Crippen molar-refractivity contribution in [2.24, 2.45) is 5.16 Å². The number of fused-ring (bicyclic) bond motifs is 1. The molecule has 1 saturated heterocycles. The third kappa shape index (κ3) is 16.4. The van der Waals surface area contributed by atoms with Gasteiger partial charge < -0.3 is 39.7 Å². The number of carboxylic acid groups (broad SMARTS) is 2. The molecule has 0 saturated carbocycles. The van der Waals surface area contributed by atoms with E-state index >= 15 is 0 Å². The number of anilines is 1. The highest BCUT2D eigenvalue weighted by Crippen LogP contribution is 2.43. The summed E-state index contributed by atoms with van der Waals surface area (Å²) < 4.78 is 9.37. The highest BCUT2D eigenvalue weighted by Gasteiger charge is 2.54. The molecular weight excluding hydrogens is 1130 g/mol. The maximum absolute atomic E-state index is 14.4. The van der Waals surface area contributed by atoms with E-state index in [1.807, 2.05) is 91.0 Å². The van der Waals surface area contributed by atoms with Crippen molar-refractivity contribution >= 4 is 98.7 Å². The van der Waals surface area contributed by atoms with Crippen LogP contribution in [0.4, 0.5) is 5.13 Å². The van der Waals surface area contributed by atoms with E-state index in [0.717, 1.165) is 56.6 Å². The first kappa shape index (κ1) is 64.3. The molecule has 2 aliphatic heterocycles. The Labute approximate surface area is 495 Å². The number of aromatic carboxylic acids is 1. The number of aromatic amines is 1. The molecule has 436 valence electrons. The number of carbonyl (C=O) groups is 5. The van der Waals surface area contributed by atoms with Crippen molar-refractivity contribution < 1.29 is 48.2 Å². The molecule has 0 aliphatic carbocycles. The molecule has 3 unspecified atom stereocenters. The number of nitrogens with zero attached hydrogens (tertiary/aromatic N) is 4. The second kappa shape index (κ2) is 30.4. The van der Waals surface area contributed by atoms with Crippen LogP contribution in [0.2, 0.25) is 0 Å². The van der Waals surface area contributed by atoms with Crippen LogP contribution in [-0.2, 0) is 34.3 Å². The number of hydrogen-bond acceptors (Lipinski definition) is 17. The van der Waals surface area contributed by atoms with Crippen LogP contribution in [0.3, 0.4) is 0 Å². The number of H-pyrrole nitrogens is 1. The van der Waals surface area contributed by atoms with E-state index in [1.54, 1.807) is 32.4 Å². The number of amides is 2. The minimum atomic E-state index is -1.67. The van der Waals surface area contributed by atoms with Crippen LogP contribution in [0.1, 0.15) is 133 Å². The van der Waals surface area contributed by atoms with Crippen molar-refractivity contribution in [2.45, 2.75) is 132 Å². The van der Waals surface area contributed by atoms with Gasteiger partial charge in [0.2, 0.25) is 0 Å². The molecule has 22 heteroatoms. The number of unbranched alkanes of at least 4 members (excludes halogenated alkanes) is 4. The average Bonchev–Trinajstić information content (AvgIpc) is 3.29. The van der Waals surface area contributed by atoms with Gasteiger partial charge in [0.05, 0.1) is 41.9 Å². The number of hydrogen-bond donors (Lipinski definition) is 4. The lowest BCUT2D eigenvalue weighted by atomic mass is 9.77. The van der Waals surface area contributed by atoms with Crippen LogP contribution in [0, 0.1) is 0 Å². The predicted molar refractivity (Wildman–Crippen MR) is 325 cm³/mol. The minimum absolute atomic E-state index is 0.0427. The molecule has 2 aromatic heterocycles. The summed E-state index contributed by atoms with van der Waals surface area (Å²) in [4.78, 5) is 88.9. The number of thiazole rings is 1. The summed E-state index contributed by atoms with van der Waals surface area (Å²) in [5, 5.41) is 33.4. The van der Waals surface area contributed by atoms with Gasteiger partial charge in [0.1, 0.15) is 33.9 Å². The van der Waals surface area contributed by atoms with Crippen LogP contribution in [-0.4, -0.2) is 126 Å². The first-order valence-corrected chi connectivity index (χ1v) is 32.4. The Morgan fingerprint density at radius 3 is 1.83 bits per heavy atom. The molecule has 0 radical (unpaired) electrons. The summed E-state index contributed by atoms with van der Waals surface area (Å²) in [6, 6.07) is 28.2. The molecular formula is C59H75N7O10S5. The van der Waals surface area contributed by atoms with Gasteiger partial charge in [0.15, 0.2) is 10.8 Å². The molecule has 2 amide bonds. The zero-order valence-corrected chi connectivity index (χ0v) is 51.4. The number of oxime groups is 1. The van der Waals surface area contributed by atoms with Crippen LogP contribution in [0.5, 0.6) is 0 Å². The van der Waals surface area contributed by atoms with E-state index in [1.165, 1.54) is 105 Å². The van der Waals surface area contributed by atoms with E-state index < -0.39 is 68.8 Å². The van der Waals surface area contributed by atoms with Gasteiger partial charge in [-0.2, -0.15) is 0 Å². The van der Waals surface area contributed by atoms with Crippen molar-refractivity contribution in [2.75, 3.05) is 49.3 Å². The first-order chi connectivity index (χ1) is 38.9. The largest absolute Gasteiger partial charge is 0.545 e. The minimum Gasteiger partial charge on any atom is -0.545 e. The van der Waals surface area contributed by atoms with Crippen molar-refractivity contribution in [1.82, 2.24) is 19.6 Å². The molecule has 0 bridgehead atoms. The number of rotatable bonds is 29. The Morgan fingerprint density at radius 2 is 1.37 bits per heavy atom.